The van der Waals surface area contributed by atoms with Gasteiger partial charge in [-0.2, -0.15) is 0 Å². The van der Waals surface area contributed by atoms with E-state index in [1.165, 1.54) is 17.7 Å². The molecule has 0 unspecified atom stereocenters. The van der Waals surface area contributed by atoms with Crippen molar-refractivity contribution >= 4 is 22.5 Å². The Morgan fingerprint density at radius 3 is 2.83 bits per heavy atom. The largest absolute Gasteiger partial charge is 0.361 e. The van der Waals surface area contributed by atoms with E-state index in [0.717, 1.165) is 23.1 Å². The number of halogens is 1. The van der Waals surface area contributed by atoms with E-state index in [-0.39, 0.29) is 11.7 Å². The Balaban J connectivity index is 1.75. The van der Waals surface area contributed by atoms with Crippen molar-refractivity contribution in [1.29, 1.82) is 0 Å². The number of carbonyl (C=O) groups is 1. The molecular weight excluding hydrogens is 303 g/mol. The lowest BCUT2D eigenvalue weighted by Crippen LogP contribution is -2.42. The number of benzene rings is 2. The van der Waals surface area contributed by atoms with Gasteiger partial charge in [0.15, 0.2) is 0 Å². The summed E-state index contributed by atoms with van der Waals surface area (Å²) in [6.45, 7) is 4.57. The monoisotopic (exact) mass is 322 g/mol. The number of aromatic amines is 1. The van der Waals surface area contributed by atoms with Crippen LogP contribution in [0, 0.1) is 5.82 Å². The Labute approximate surface area is 140 Å². The first kappa shape index (κ1) is 14.9. The van der Waals surface area contributed by atoms with Crippen LogP contribution in [-0.2, 0) is 16.6 Å². The fraction of sp³-hybridized carbons (Fsp3) is 0.250. The molecule has 0 aliphatic carbocycles. The SMILES string of the molecule is CC(C)(C(=O)N1CCc2ccccc21)c1c[nH]c2cc(F)ccc12. The van der Waals surface area contributed by atoms with Crippen LogP contribution in [0.3, 0.4) is 0 Å². The van der Waals surface area contributed by atoms with Crippen LogP contribution in [0.15, 0.2) is 48.7 Å². The maximum atomic E-state index is 13.4. The first-order chi connectivity index (χ1) is 11.5. The number of hydrogen-bond acceptors (Lipinski definition) is 1. The zero-order valence-electron chi connectivity index (χ0n) is 13.8. The lowest BCUT2D eigenvalue weighted by Gasteiger charge is -2.29. The summed E-state index contributed by atoms with van der Waals surface area (Å²) < 4.78 is 13.4. The van der Waals surface area contributed by atoms with Crippen molar-refractivity contribution in [2.75, 3.05) is 11.4 Å². The second-order valence-electron chi connectivity index (χ2n) is 6.85. The summed E-state index contributed by atoms with van der Waals surface area (Å²) in [5.74, 6) is -0.217. The molecule has 122 valence electrons. The third-order valence-corrected chi connectivity index (χ3v) is 4.98. The topological polar surface area (TPSA) is 36.1 Å². The van der Waals surface area contributed by atoms with Gasteiger partial charge in [0, 0.05) is 29.3 Å². The van der Waals surface area contributed by atoms with Crippen LogP contribution in [0.1, 0.15) is 25.0 Å². The van der Waals surface area contributed by atoms with Crippen molar-refractivity contribution in [3.8, 4) is 0 Å². The highest BCUT2D eigenvalue weighted by atomic mass is 19.1. The number of anilines is 1. The Morgan fingerprint density at radius 1 is 1.21 bits per heavy atom. The number of carbonyl (C=O) groups excluding carboxylic acids is 1. The molecule has 0 saturated heterocycles. The van der Waals surface area contributed by atoms with Gasteiger partial charge in [0.2, 0.25) is 5.91 Å². The lowest BCUT2D eigenvalue weighted by atomic mass is 9.83. The third-order valence-electron chi connectivity index (χ3n) is 4.98. The molecule has 4 rings (SSSR count). The Bertz CT molecular complexity index is 942. The molecule has 3 nitrogen and oxygen atoms in total. The highest BCUT2D eigenvalue weighted by Gasteiger charge is 2.38. The van der Waals surface area contributed by atoms with Gasteiger partial charge >= 0.3 is 0 Å². The van der Waals surface area contributed by atoms with E-state index in [1.807, 2.05) is 43.1 Å². The molecule has 1 aromatic heterocycles. The smallest absolute Gasteiger partial charge is 0.237 e. The number of aromatic nitrogens is 1. The maximum absolute atomic E-state index is 13.4. The molecule has 4 heteroatoms. The van der Waals surface area contributed by atoms with Crippen molar-refractivity contribution in [2.45, 2.75) is 25.7 Å². The van der Waals surface area contributed by atoms with Crippen LogP contribution in [0.2, 0.25) is 0 Å². The van der Waals surface area contributed by atoms with E-state index in [9.17, 15) is 9.18 Å². The van der Waals surface area contributed by atoms with Gasteiger partial charge in [-0.05, 0) is 55.7 Å². The molecule has 0 atom stereocenters. The fourth-order valence-electron chi connectivity index (χ4n) is 3.62. The van der Waals surface area contributed by atoms with E-state index in [0.29, 0.717) is 12.1 Å². The van der Waals surface area contributed by atoms with Crippen LogP contribution in [-0.4, -0.2) is 17.4 Å². The van der Waals surface area contributed by atoms with Crippen molar-refractivity contribution in [3.05, 3.63) is 65.6 Å². The van der Waals surface area contributed by atoms with Crippen LogP contribution < -0.4 is 4.90 Å². The first-order valence-electron chi connectivity index (χ1n) is 8.15. The molecule has 1 amide bonds. The molecule has 2 heterocycles. The van der Waals surface area contributed by atoms with Gasteiger partial charge in [-0.3, -0.25) is 4.79 Å². The molecule has 3 aromatic rings. The Hall–Kier alpha value is -2.62. The van der Waals surface area contributed by atoms with Crippen LogP contribution >= 0.6 is 0 Å². The minimum Gasteiger partial charge on any atom is -0.361 e. The molecule has 1 N–H and O–H groups in total. The Morgan fingerprint density at radius 2 is 2.00 bits per heavy atom. The molecule has 24 heavy (non-hydrogen) atoms. The average molecular weight is 322 g/mol. The average Bonchev–Trinajstić information content (AvgIpc) is 3.17. The van der Waals surface area contributed by atoms with Gasteiger partial charge in [0.1, 0.15) is 5.82 Å². The standard InChI is InChI=1S/C20H19FN2O/c1-20(2,16-12-22-17-11-14(21)7-8-15(16)17)19(24)23-10-9-13-5-3-4-6-18(13)23/h3-8,11-12,22H,9-10H2,1-2H3. The highest BCUT2D eigenvalue weighted by molar-refractivity contribution is 6.04. The summed E-state index contributed by atoms with van der Waals surface area (Å²) in [7, 11) is 0. The predicted molar refractivity (Wildman–Crippen MR) is 93.8 cm³/mol. The van der Waals surface area contributed by atoms with E-state index >= 15 is 0 Å². The zero-order chi connectivity index (χ0) is 16.9. The van der Waals surface area contributed by atoms with Crippen LogP contribution in [0.4, 0.5) is 10.1 Å². The number of rotatable bonds is 2. The molecular formula is C20H19FN2O. The summed E-state index contributed by atoms with van der Waals surface area (Å²) in [4.78, 5) is 18.2. The first-order valence-corrected chi connectivity index (χ1v) is 8.15. The van der Waals surface area contributed by atoms with E-state index in [1.54, 1.807) is 6.07 Å². The second-order valence-corrected chi connectivity index (χ2v) is 6.85. The number of amides is 1. The normalized spacial score (nSPS) is 14.2. The van der Waals surface area contributed by atoms with Crippen molar-refractivity contribution < 1.29 is 9.18 Å². The van der Waals surface area contributed by atoms with Gasteiger partial charge in [-0.25, -0.2) is 4.39 Å². The molecule has 1 aliphatic rings. The van der Waals surface area contributed by atoms with Gasteiger partial charge in [-0.15, -0.1) is 0 Å². The van der Waals surface area contributed by atoms with E-state index in [4.69, 9.17) is 0 Å². The molecule has 0 radical (unpaired) electrons. The molecule has 2 aromatic carbocycles. The second kappa shape index (κ2) is 5.20. The summed E-state index contributed by atoms with van der Waals surface area (Å²) in [6, 6.07) is 12.7. The lowest BCUT2D eigenvalue weighted by molar-refractivity contribution is -0.122. The van der Waals surface area contributed by atoms with Gasteiger partial charge in [0.25, 0.3) is 0 Å². The number of nitrogens with one attached hydrogen (secondary N) is 1. The highest BCUT2D eigenvalue weighted by Crippen LogP contribution is 2.36. The van der Waals surface area contributed by atoms with E-state index < -0.39 is 5.41 Å². The number of para-hydroxylation sites is 1. The van der Waals surface area contributed by atoms with Gasteiger partial charge in [0.05, 0.1) is 5.41 Å². The molecule has 0 saturated carbocycles. The van der Waals surface area contributed by atoms with Gasteiger partial charge < -0.3 is 9.88 Å². The number of fused-ring (bicyclic) bond motifs is 2. The van der Waals surface area contributed by atoms with E-state index in [2.05, 4.69) is 11.1 Å². The summed E-state index contributed by atoms with van der Waals surface area (Å²) >= 11 is 0. The predicted octanol–water partition coefficient (Wildman–Crippen LogP) is 4.17. The van der Waals surface area contributed by atoms with Crippen molar-refractivity contribution in [1.82, 2.24) is 4.98 Å². The summed E-state index contributed by atoms with van der Waals surface area (Å²) in [6.07, 6.45) is 2.71. The van der Waals surface area contributed by atoms with Crippen LogP contribution in [0.25, 0.3) is 10.9 Å². The molecule has 0 spiro atoms. The molecule has 0 fully saturated rings. The maximum Gasteiger partial charge on any atom is 0.237 e. The number of H-pyrrole nitrogens is 1. The summed E-state index contributed by atoms with van der Waals surface area (Å²) in [5, 5.41) is 0.891. The third kappa shape index (κ3) is 2.13. The quantitative estimate of drug-likeness (QED) is 0.755. The molecule has 0 bridgehead atoms. The number of nitrogens with zero attached hydrogens (tertiary/aromatic N) is 1. The number of hydrogen-bond donors (Lipinski definition) is 1. The molecule has 1 aliphatic heterocycles. The van der Waals surface area contributed by atoms with Crippen molar-refractivity contribution in [2.24, 2.45) is 0 Å². The minimum atomic E-state index is -0.701. The summed E-state index contributed by atoms with van der Waals surface area (Å²) in [5.41, 5.74) is 3.12. The minimum absolute atomic E-state index is 0.0673. The van der Waals surface area contributed by atoms with Crippen LogP contribution in [0.5, 0.6) is 0 Å². The zero-order valence-corrected chi connectivity index (χ0v) is 13.8. The van der Waals surface area contributed by atoms with Gasteiger partial charge in [-0.1, -0.05) is 18.2 Å². The fourth-order valence-corrected chi connectivity index (χ4v) is 3.62. The Kier molecular flexibility index (Phi) is 3.23. The van der Waals surface area contributed by atoms with Crippen molar-refractivity contribution in [3.63, 3.8) is 0 Å².